The fourth-order valence-electron chi connectivity index (χ4n) is 2.78. The van der Waals surface area contributed by atoms with E-state index in [1.165, 1.54) is 0 Å². The Bertz CT molecular complexity index is 692. The normalized spacial score (nSPS) is 19.5. The number of rotatable bonds is 3. The average molecular weight is 306 g/mol. The molecule has 2 aromatic carbocycles. The Morgan fingerprint density at radius 2 is 1.48 bits per heavy atom. The molecule has 0 N–H and O–H groups in total. The third-order valence-electron chi connectivity index (χ3n) is 3.76. The van der Waals surface area contributed by atoms with Crippen molar-refractivity contribution in [1.82, 2.24) is 4.90 Å². The second kappa shape index (κ2) is 6.08. The standard InChI is InChI=1S/C19H18N2O2/c1-20(2)13-16-18(22)17(14-9-5-3-6-10-14)21(19(16)23)15-11-7-4-8-12-15/h3-13,17H,1-2H3/b16-13-. The number of carbonyl (C=O) groups excluding carboxylic acids is 2. The number of amides is 1. The van der Waals surface area contributed by atoms with Crippen molar-refractivity contribution < 1.29 is 9.59 Å². The molecule has 1 atom stereocenters. The topological polar surface area (TPSA) is 40.6 Å². The van der Waals surface area contributed by atoms with Gasteiger partial charge in [0.25, 0.3) is 5.91 Å². The van der Waals surface area contributed by atoms with Crippen LogP contribution < -0.4 is 4.90 Å². The lowest BCUT2D eigenvalue weighted by Gasteiger charge is -2.23. The van der Waals surface area contributed by atoms with Gasteiger partial charge in [0, 0.05) is 26.0 Å². The maximum Gasteiger partial charge on any atom is 0.264 e. The second-order valence-corrected chi connectivity index (χ2v) is 5.69. The number of ketones is 1. The summed E-state index contributed by atoms with van der Waals surface area (Å²) in [5, 5.41) is 0. The lowest BCUT2D eigenvalue weighted by molar-refractivity contribution is -0.116. The number of Topliss-reactive ketones (excluding diaryl/α,β-unsaturated/α-hetero) is 1. The Hall–Kier alpha value is -2.88. The van der Waals surface area contributed by atoms with Crippen molar-refractivity contribution in [2.24, 2.45) is 0 Å². The number of nitrogens with zero attached hydrogens (tertiary/aromatic N) is 2. The molecule has 0 spiro atoms. The van der Waals surface area contributed by atoms with E-state index in [2.05, 4.69) is 0 Å². The van der Waals surface area contributed by atoms with E-state index in [1.807, 2.05) is 60.7 Å². The maximum atomic E-state index is 12.9. The monoisotopic (exact) mass is 306 g/mol. The summed E-state index contributed by atoms with van der Waals surface area (Å²) >= 11 is 0. The van der Waals surface area contributed by atoms with Crippen LogP contribution in [0.25, 0.3) is 0 Å². The van der Waals surface area contributed by atoms with Gasteiger partial charge in [-0.1, -0.05) is 48.5 Å². The summed E-state index contributed by atoms with van der Waals surface area (Å²) in [7, 11) is 3.60. The van der Waals surface area contributed by atoms with Crippen molar-refractivity contribution in [3.63, 3.8) is 0 Å². The first-order chi connectivity index (χ1) is 11.1. The molecular weight excluding hydrogens is 288 g/mol. The SMILES string of the molecule is CN(C)/C=C1/C(=O)C(c2ccccc2)N(c2ccccc2)C1=O. The number of hydrogen-bond acceptors (Lipinski definition) is 3. The van der Waals surface area contributed by atoms with Crippen molar-refractivity contribution in [3.8, 4) is 0 Å². The molecule has 0 saturated carbocycles. The molecule has 0 bridgehead atoms. The van der Waals surface area contributed by atoms with Crippen LogP contribution in [-0.2, 0) is 9.59 Å². The molecule has 0 aliphatic carbocycles. The van der Waals surface area contributed by atoms with Crippen LogP contribution in [0.3, 0.4) is 0 Å². The van der Waals surface area contributed by atoms with Gasteiger partial charge in [-0.25, -0.2) is 0 Å². The summed E-state index contributed by atoms with van der Waals surface area (Å²) in [4.78, 5) is 29.0. The summed E-state index contributed by atoms with van der Waals surface area (Å²) in [6, 6.07) is 18.1. The Balaban J connectivity index is 2.14. The number of benzene rings is 2. The number of para-hydroxylation sites is 1. The first-order valence-electron chi connectivity index (χ1n) is 7.45. The van der Waals surface area contributed by atoms with Gasteiger partial charge >= 0.3 is 0 Å². The van der Waals surface area contributed by atoms with Crippen molar-refractivity contribution in [2.75, 3.05) is 19.0 Å². The van der Waals surface area contributed by atoms with Gasteiger partial charge in [-0.2, -0.15) is 0 Å². The minimum absolute atomic E-state index is 0.168. The first kappa shape index (κ1) is 15.0. The molecule has 1 heterocycles. The third kappa shape index (κ3) is 2.75. The molecule has 3 rings (SSSR count). The maximum absolute atomic E-state index is 12.9. The minimum Gasteiger partial charge on any atom is -0.383 e. The molecule has 1 saturated heterocycles. The third-order valence-corrected chi connectivity index (χ3v) is 3.76. The van der Waals surface area contributed by atoms with Crippen LogP contribution in [0.15, 0.2) is 72.4 Å². The van der Waals surface area contributed by atoms with Gasteiger partial charge in [-0.3, -0.25) is 14.5 Å². The predicted molar refractivity (Wildman–Crippen MR) is 89.9 cm³/mol. The highest BCUT2D eigenvalue weighted by atomic mass is 16.2. The van der Waals surface area contributed by atoms with E-state index in [0.717, 1.165) is 11.3 Å². The van der Waals surface area contributed by atoms with E-state index in [0.29, 0.717) is 0 Å². The van der Waals surface area contributed by atoms with Gasteiger partial charge in [0.1, 0.15) is 11.6 Å². The van der Waals surface area contributed by atoms with Crippen molar-refractivity contribution in [1.29, 1.82) is 0 Å². The van der Waals surface area contributed by atoms with Crippen LogP contribution in [-0.4, -0.2) is 30.7 Å². The molecule has 1 unspecified atom stereocenters. The van der Waals surface area contributed by atoms with E-state index >= 15 is 0 Å². The molecule has 4 nitrogen and oxygen atoms in total. The zero-order chi connectivity index (χ0) is 16.4. The minimum atomic E-state index is -0.614. The Labute approximate surface area is 135 Å². The van der Waals surface area contributed by atoms with E-state index in [4.69, 9.17) is 0 Å². The van der Waals surface area contributed by atoms with Crippen molar-refractivity contribution >= 4 is 17.4 Å². The highest BCUT2D eigenvalue weighted by Crippen LogP contribution is 2.37. The van der Waals surface area contributed by atoms with Crippen LogP contribution in [0.4, 0.5) is 5.69 Å². The van der Waals surface area contributed by atoms with Gasteiger partial charge in [0.05, 0.1) is 0 Å². The lowest BCUT2D eigenvalue weighted by atomic mass is 10.0. The van der Waals surface area contributed by atoms with E-state index in [1.54, 1.807) is 30.1 Å². The summed E-state index contributed by atoms with van der Waals surface area (Å²) in [5.41, 5.74) is 1.76. The quantitative estimate of drug-likeness (QED) is 0.647. The van der Waals surface area contributed by atoms with E-state index in [9.17, 15) is 9.59 Å². The highest BCUT2D eigenvalue weighted by Gasteiger charge is 2.44. The summed E-state index contributed by atoms with van der Waals surface area (Å²) in [5.74, 6) is -0.428. The van der Waals surface area contributed by atoms with Gasteiger partial charge in [0.15, 0.2) is 5.78 Å². The van der Waals surface area contributed by atoms with Gasteiger partial charge in [-0.05, 0) is 17.7 Å². The molecular formula is C19H18N2O2. The molecule has 1 aliphatic rings. The fourth-order valence-corrected chi connectivity index (χ4v) is 2.78. The molecule has 2 aromatic rings. The van der Waals surface area contributed by atoms with E-state index in [-0.39, 0.29) is 17.3 Å². The van der Waals surface area contributed by atoms with Gasteiger partial charge in [0.2, 0.25) is 0 Å². The zero-order valence-electron chi connectivity index (χ0n) is 13.1. The predicted octanol–water partition coefficient (Wildman–Crippen LogP) is 2.79. The van der Waals surface area contributed by atoms with Crippen LogP contribution in [0.1, 0.15) is 11.6 Å². The molecule has 1 aliphatic heterocycles. The smallest absolute Gasteiger partial charge is 0.264 e. The number of carbonyl (C=O) groups is 2. The van der Waals surface area contributed by atoms with Crippen LogP contribution in [0.2, 0.25) is 0 Å². The molecule has 0 aromatic heterocycles. The van der Waals surface area contributed by atoms with Gasteiger partial charge in [-0.15, -0.1) is 0 Å². The Morgan fingerprint density at radius 3 is 2.04 bits per heavy atom. The summed E-state index contributed by atoms with van der Waals surface area (Å²) < 4.78 is 0. The Morgan fingerprint density at radius 1 is 0.913 bits per heavy atom. The van der Waals surface area contributed by atoms with Gasteiger partial charge < -0.3 is 4.90 Å². The average Bonchev–Trinajstić information content (AvgIpc) is 2.80. The van der Waals surface area contributed by atoms with E-state index < -0.39 is 6.04 Å². The molecule has 1 fully saturated rings. The Kier molecular flexibility index (Phi) is 3.98. The molecule has 1 amide bonds. The van der Waals surface area contributed by atoms with Crippen LogP contribution >= 0.6 is 0 Å². The second-order valence-electron chi connectivity index (χ2n) is 5.69. The molecule has 4 heteroatoms. The van der Waals surface area contributed by atoms with Crippen LogP contribution in [0.5, 0.6) is 0 Å². The number of hydrogen-bond donors (Lipinski definition) is 0. The van der Waals surface area contributed by atoms with Crippen molar-refractivity contribution in [3.05, 3.63) is 78.0 Å². The summed E-state index contributed by atoms with van der Waals surface area (Å²) in [6.45, 7) is 0. The van der Waals surface area contributed by atoms with Crippen LogP contribution in [0, 0.1) is 0 Å². The zero-order valence-corrected chi connectivity index (χ0v) is 13.1. The first-order valence-corrected chi connectivity index (χ1v) is 7.45. The molecule has 0 radical (unpaired) electrons. The lowest BCUT2D eigenvalue weighted by Crippen LogP contribution is -2.28. The fraction of sp³-hybridized carbons (Fsp3) is 0.158. The molecule has 23 heavy (non-hydrogen) atoms. The molecule has 116 valence electrons. The number of anilines is 1. The highest BCUT2D eigenvalue weighted by molar-refractivity contribution is 6.33. The summed E-state index contributed by atoms with van der Waals surface area (Å²) in [6.07, 6.45) is 1.60. The van der Waals surface area contributed by atoms with Crippen molar-refractivity contribution in [2.45, 2.75) is 6.04 Å². The largest absolute Gasteiger partial charge is 0.383 e.